The number of carbonyl (C=O) groups excluding carboxylic acids is 8. The van der Waals surface area contributed by atoms with Gasteiger partial charge in [-0.15, -0.1) is 5.10 Å². The minimum absolute atomic E-state index is 0.00616. The molecule has 2 saturated heterocycles. The molecule has 38 nitrogen and oxygen atoms in total. The van der Waals surface area contributed by atoms with Gasteiger partial charge in [-0.3, -0.25) is 33.6 Å². The predicted molar refractivity (Wildman–Crippen MR) is 495 cm³/mol. The molecule has 4 amide bonds. The number of nitrogens with two attached hydrogens (primary N) is 2. The van der Waals surface area contributed by atoms with Gasteiger partial charge in [0.1, 0.15) is 59.4 Å². The topological polar surface area (TPSA) is 510 Å². The third-order valence-corrected chi connectivity index (χ3v) is 24.6. The molecule has 2 aromatic carbocycles. The summed E-state index contributed by atoms with van der Waals surface area (Å²) in [5.41, 5.74) is 18.8. The van der Waals surface area contributed by atoms with Crippen LogP contribution in [-0.2, 0) is 96.9 Å². The van der Waals surface area contributed by atoms with E-state index in [-0.39, 0.29) is 125 Å². The second-order valence-corrected chi connectivity index (χ2v) is 34.8. The number of benzene rings is 2. The number of aliphatic hydroxyl groups excluding tert-OH is 2. The number of fused-ring (bicyclic) bond motifs is 5. The summed E-state index contributed by atoms with van der Waals surface area (Å²) < 4.78 is 72.6. The number of H-pyrrole nitrogens is 1. The molecular weight excluding hydrogens is 1730 g/mol. The standard InChI is InChI=1S/C96H138N14O24/c1-62-17-9-8-10-18-63(2)80(123-6)58-72-21-16-29-96(122,134-72)90(118)94(120)108-33-13-11-22-78(108)95(121)133-81(59-79(112)64(3)52-66(5)88(116)89(117)87(115)65(4)51-62)73(97)53-67-23-26-77(82(54-67)124-7)110-60-76(105-107-110)68-19-15-20-69(55-68)93(119)101-32-38-128-42-46-132-50-48-130-44-40-126-36-28-84(114)100-31-37-127-41-45-131-49-47-129-43-39-125-35-27-83(113)99-30-12-14-34-109-92-85(91(98)102-61-103-92)86(106-109)75-57-70-56-71(111)24-25-74(70)104-75/h8-10,15,17-20,24-25,52,55-57,60-62,64-65,67,72-73,77-78,80-82,88-89,104,111,116-117,122H,11-14,16,21-23,26-51,53-54,58-59,97H2,1-7H3,(H,99,113)(H,100,114)(H,101,119)(H2,98,102,103)/b10-8+,17-9+,63-18+,66-52+/t62-,64-,65-,67+,72+,73-,77?,78+,80+,81+,82-,88-,89+,96-/m1/s1. The third-order valence-electron chi connectivity index (χ3n) is 24.6. The Morgan fingerprint density at radius 3 is 2.04 bits per heavy atom. The Labute approximate surface area is 782 Å². The van der Waals surface area contributed by atoms with E-state index in [4.69, 9.17) is 73.4 Å². The number of rotatable bonds is 44. The number of nitrogens with zero attached hydrogens (tertiary/aromatic N) is 8. The van der Waals surface area contributed by atoms with Gasteiger partial charge in [-0.1, -0.05) is 74.6 Å². The molecule has 1 unspecified atom stereocenters. The molecule has 12 N–H and O–H groups in total. The first-order valence-electron chi connectivity index (χ1n) is 46.9. The molecule has 10 rings (SSSR count). The third kappa shape index (κ3) is 32.6. The summed E-state index contributed by atoms with van der Waals surface area (Å²) >= 11 is 0. The number of phenols is 1. The van der Waals surface area contributed by atoms with Crippen molar-refractivity contribution in [3.8, 4) is 28.4 Å². The molecule has 38 heteroatoms. The number of ether oxygens (including phenoxy) is 12. The first-order chi connectivity index (χ1) is 64.7. The highest BCUT2D eigenvalue weighted by atomic mass is 16.6. The Balaban J connectivity index is 0.551. The smallest absolute Gasteiger partial charge is 0.329 e. The number of Topliss-reactive ketones (excluding diaryl/α,β-unsaturated/α-hetero) is 3. The number of aryl methyl sites for hydroxylation is 1. The molecule has 1 aliphatic carbocycles. The maximum absolute atomic E-state index is 14.7. The van der Waals surface area contributed by atoms with Gasteiger partial charge in [-0.25, -0.2) is 24.1 Å². The van der Waals surface area contributed by atoms with Crippen LogP contribution in [0, 0.1) is 23.7 Å². The Kier molecular flexibility index (Phi) is 43.7. The number of amides is 4. The molecule has 14 atom stereocenters. The van der Waals surface area contributed by atoms with E-state index in [1.165, 1.54) is 19.3 Å². The van der Waals surface area contributed by atoms with Crippen molar-refractivity contribution in [1.29, 1.82) is 0 Å². The number of anilines is 1. The number of esters is 1. The number of piperidine rings is 1. The zero-order valence-electron chi connectivity index (χ0n) is 78.3. The van der Waals surface area contributed by atoms with Gasteiger partial charge in [0, 0.05) is 119 Å². The van der Waals surface area contributed by atoms with Crippen molar-refractivity contribution in [2.45, 2.75) is 211 Å². The lowest BCUT2D eigenvalue weighted by Crippen LogP contribution is -2.58. The average molecular weight is 1870 g/mol. The van der Waals surface area contributed by atoms with Crippen molar-refractivity contribution in [1.82, 2.24) is 60.6 Å². The fraction of sp³-hybridized carbons (Fsp3) is 0.615. The minimum Gasteiger partial charge on any atom is -0.508 e. The van der Waals surface area contributed by atoms with Crippen LogP contribution in [0.5, 0.6) is 5.75 Å². The monoisotopic (exact) mass is 1870 g/mol. The average Bonchev–Trinajstić information content (AvgIpc) is 1.64. The van der Waals surface area contributed by atoms with Gasteiger partial charge in [0.05, 0.1) is 147 Å². The van der Waals surface area contributed by atoms with E-state index in [0.29, 0.717) is 196 Å². The maximum atomic E-state index is 14.7. The summed E-state index contributed by atoms with van der Waals surface area (Å²) in [6.07, 6.45) is 13.7. The van der Waals surface area contributed by atoms with E-state index in [1.54, 1.807) is 73.8 Å². The number of methoxy groups -OCH3 is 2. The number of allylic oxidation sites excluding steroid dienone is 6. The predicted octanol–water partition coefficient (Wildman–Crippen LogP) is 7.04. The van der Waals surface area contributed by atoms with Crippen LogP contribution in [0.25, 0.3) is 44.6 Å². The van der Waals surface area contributed by atoms with E-state index in [1.807, 2.05) is 62.6 Å². The van der Waals surface area contributed by atoms with E-state index >= 15 is 0 Å². The molecule has 134 heavy (non-hydrogen) atoms. The number of unbranched alkanes of at least 4 members (excludes halogenated alkanes) is 1. The molecule has 0 spiro atoms. The first-order valence-corrected chi connectivity index (χ1v) is 46.9. The number of hydrogen-bond donors (Lipinski definition) is 10. The van der Waals surface area contributed by atoms with Crippen LogP contribution in [0.2, 0.25) is 0 Å². The normalized spacial score (nSPS) is 25.1. The highest BCUT2D eigenvalue weighted by Gasteiger charge is 2.50. The molecule has 1 saturated carbocycles. The zero-order valence-corrected chi connectivity index (χ0v) is 78.3. The number of ketones is 3. The van der Waals surface area contributed by atoms with Crippen LogP contribution in [0.4, 0.5) is 5.82 Å². The maximum Gasteiger partial charge on any atom is 0.329 e. The molecule has 2 bridgehead atoms. The quantitative estimate of drug-likeness (QED) is 0.00793. The van der Waals surface area contributed by atoms with Gasteiger partial charge < -0.3 is 115 Å². The van der Waals surface area contributed by atoms with Crippen LogP contribution >= 0.6 is 0 Å². The molecular formula is C96H138N14O24. The molecule has 6 aromatic rings. The van der Waals surface area contributed by atoms with Gasteiger partial charge >= 0.3 is 5.97 Å². The number of carbonyl (C=O) groups is 8. The Bertz CT molecular complexity index is 4880. The summed E-state index contributed by atoms with van der Waals surface area (Å²) in [5, 5.41) is 68.3. The molecule has 736 valence electrons. The number of cyclic esters (lactones) is 1. The number of nitrogens with one attached hydrogen (secondary N) is 4. The van der Waals surface area contributed by atoms with Crippen LogP contribution in [0.15, 0.2) is 109 Å². The van der Waals surface area contributed by atoms with E-state index in [9.17, 15) is 58.8 Å². The van der Waals surface area contributed by atoms with Gasteiger partial charge in [0.15, 0.2) is 11.4 Å². The Morgan fingerprint density at radius 2 is 1.37 bits per heavy atom. The number of aromatic amines is 1. The SMILES string of the molecule is CO[C@H]1C[C@@H]2CCC[C@@](O)(O2)C(=O)C(=O)N2CCCC[C@H]2C(=O)O[C@H]([C@H](N)C[C@@H]2CCC(n3cc(-c4cccc(C(=O)NCCOCCOCCOCCOCCC(=O)NCCOCCOCCOCCOCCC(=O)NCCCCn5nc(-c6cc7cc(O)ccc7[nH]6)c6c(N)ncnc65)c4)nn3)[C@H](OC)C2)CC(=O)[C@H](C)/C=C(\C)[C@@H](O)[C@@H](O)C(=O)[C@H](C)C[C@H](C)/C=C/C=C/C=C/1C. The fourth-order valence-electron chi connectivity index (χ4n) is 17.0. The highest BCUT2D eigenvalue weighted by Crippen LogP contribution is 2.40. The van der Waals surface area contributed by atoms with Crippen molar-refractivity contribution in [2.75, 3.05) is 152 Å². The minimum atomic E-state index is -2.47. The first kappa shape index (κ1) is 106. The second kappa shape index (κ2) is 55.3. The molecule has 3 aliphatic heterocycles. The van der Waals surface area contributed by atoms with Crippen molar-refractivity contribution in [3.05, 3.63) is 114 Å². The largest absolute Gasteiger partial charge is 0.508 e. The number of aliphatic hydroxyl groups is 3. The van der Waals surface area contributed by atoms with Gasteiger partial charge in [0.25, 0.3) is 17.6 Å². The van der Waals surface area contributed by atoms with E-state index in [2.05, 4.69) is 41.2 Å². The summed E-state index contributed by atoms with van der Waals surface area (Å²) in [6, 6.07) is 11.5. The second-order valence-electron chi connectivity index (χ2n) is 34.8. The van der Waals surface area contributed by atoms with Crippen molar-refractivity contribution in [2.24, 2.45) is 29.4 Å². The van der Waals surface area contributed by atoms with Gasteiger partial charge in [-0.05, 0) is 150 Å². The zero-order chi connectivity index (χ0) is 95.9. The number of aromatic hydroxyl groups is 1. The molecule has 7 heterocycles. The number of nitrogen functional groups attached to an aromatic ring is 1. The summed E-state index contributed by atoms with van der Waals surface area (Å²) in [6.45, 7) is 15.5. The molecule has 3 fully saturated rings. The lowest BCUT2D eigenvalue weighted by Gasteiger charge is -2.40. The fourth-order valence-corrected chi connectivity index (χ4v) is 17.0. The lowest BCUT2D eigenvalue weighted by atomic mass is 9.79. The van der Waals surface area contributed by atoms with Crippen LogP contribution in [-0.4, -0.2) is 313 Å². The lowest BCUT2D eigenvalue weighted by molar-refractivity contribution is -0.245. The summed E-state index contributed by atoms with van der Waals surface area (Å²) in [4.78, 5) is 123. The number of aromatic nitrogens is 8. The number of hydrogen-bond acceptors (Lipinski definition) is 31. The Morgan fingerprint density at radius 1 is 0.701 bits per heavy atom. The summed E-state index contributed by atoms with van der Waals surface area (Å²) in [5.74, 6) is -8.47. The molecule has 0 radical (unpaired) electrons. The molecule has 4 aliphatic rings. The van der Waals surface area contributed by atoms with Crippen molar-refractivity contribution in [3.63, 3.8) is 0 Å². The van der Waals surface area contributed by atoms with Crippen molar-refractivity contribution < 1.29 is 116 Å². The molecule has 4 aromatic heterocycles. The van der Waals surface area contributed by atoms with Gasteiger partial charge in [-0.2, -0.15) is 5.10 Å². The van der Waals surface area contributed by atoms with E-state index < -0.39 is 95.6 Å². The summed E-state index contributed by atoms with van der Waals surface area (Å²) in [7, 11) is 3.15. The Hall–Kier alpha value is -10.0. The van der Waals surface area contributed by atoms with Crippen LogP contribution < -0.4 is 27.4 Å². The van der Waals surface area contributed by atoms with Gasteiger partial charge in [0.2, 0.25) is 17.6 Å². The number of phenolic OH excluding ortho intramolecular Hbond substituents is 1. The van der Waals surface area contributed by atoms with Crippen LogP contribution in [0.1, 0.15) is 160 Å². The van der Waals surface area contributed by atoms with E-state index in [0.717, 1.165) is 39.9 Å². The van der Waals surface area contributed by atoms with Crippen molar-refractivity contribution >= 4 is 74.7 Å². The van der Waals surface area contributed by atoms with Crippen LogP contribution in [0.3, 0.4) is 0 Å². The highest BCUT2D eigenvalue weighted by molar-refractivity contribution is 6.39.